The van der Waals surface area contributed by atoms with Crippen molar-refractivity contribution in [1.29, 1.82) is 0 Å². The maximum Gasteiger partial charge on any atom is 0.413 e. The molecule has 0 aromatic carbocycles. The van der Waals surface area contributed by atoms with Crippen LogP contribution in [0.1, 0.15) is 10.5 Å². The second-order valence-electron chi connectivity index (χ2n) is 2.84. The van der Waals surface area contributed by atoms with E-state index in [4.69, 9.17) is 5.11 Å². The van der Waals surface area contributed by atoms with E-state index in [2.05, 4.69) is 37.5 Å². The smallest absolute Gasteiger partial charge is 0.413 e. The van der Waals surface area contributed by atoms with Gasteiger partial charge in [0.25, 0.3) is 0 Å². The van der Waals surface area contributed by atoms with Crippen LogP contribution in [-0.2, 0) is 4.74 Å². The molecule has 1 aromatic rings. The molecular formula is C10H9BrN2O4. The molecule has 0 atom stereocenters. The minimum absolute atomic E-state index is 0.0636. The first-order valence-electron chi connectivity index (χ1n) is 4.49. The van der Waals surface area contributed by atoms with Gasteiger partial charge in [-0.1, -0.05) is 12.7 Å². The topological polar surface area (TPSA) is 88.5 Å². The van der Waals surface area contributed by atoms with Crippen molar-refractivity contribution >= 4 is 33.8 Å². The molecule has 0 fully saturated rings. The molecule has 0 bridgehead atoms. The number of carbonyl (C=O) groups excluding carboxylic acids is 1. The van der Waals surface area contributed by atoms with E-state index >= 15 is 0 Å². The van der Waals surface area contributed by atoms with Gasteiger partial charge in [0, 0.05) is 0 Å². The number of carbonyl (C=O) groups is 2. The number of ether oxygens (including phenoxy) is 1. The number of carboxylic acid groups (broad SMARTS) is 1. The van der Waals surface area contributed by atoms with Crippen molar-refractivity contribution in [1.82, 2.24) is 4.98 Å². The zero-order valence-electron chi connectivity index (χ0n) is 8.64. The van der Waals surface area contributed by atoms with Gasteiger partial charge in [-0.2, -0.15) is 0 Å². The van der Waals surface area contributed by atoms with Crippen LogP contribution in [0.5, 0.6) is 0 Å². The Morgan fingerprint density at radius 1 is 1.59 bits per heavy atom. The molecule has 2 N–H and O–H groups in total. The van der Waals surface area contributed by atoms with E-state index in [1.165, 1.54) is 18.2 Å². The van der Waals surface area contributed by atoms with E-state index in [1.807, 2.05) is 0 Å². The molecule has 0 aliphatic carbocycles. The number of carboxylic acids is 1. The molecule has 6 nitrogen and oxygen atoms in total. The molecule has 1 heterocycles. The predicted molar refractivity (Wildman–Crippen MR) is 64.1 cm³/mol. The maximum atomic E-state index is 11.2. The van der Waals surface area contributed by atoms with Gasteiger partial charge in [-0.25, -0.2) is 14.6 Å². The Labute approximate surface area is 105 Å². The number of anilines is 1. The molecule has 0 aliphatic heterocycles. The van der Waals surface area contributed by atoms with Gasteiger partial charge in [0.05, 0.1) is 4.47 Å². The second-order valence-corrected chi connectivity index (χ2v) is 3.70. The SMILES string of the molecule is C=CCOC(=O)Nc1ccc(Br)c(C(=O)O)n1. The van der Waals surface area contributed by atoms with Gasteiger partial charge in [0.1, 0.15) is 12.4 Å². The Balaban J connectivity index is 2.79. The molecule has 1 aromatic heterocycles. The van der Waals surface area contributed by atoms with Crippen LogP contribution >= 0.6 is 15.9 Å². The van der Waals surface area contributed by atoms with Crippen molar-refractivity contribution in [2.45, 2.75) is 0 Å². The molecule has 0 unspecified atom stereocenters. The summed E-state index contributed by atoms with van der Waals surface area (Å²) in [6.07, 6.45) is 0.688. The maximum absolute atomic E-state index is 11.2. The highest BCUT2D eigenvalue weighted by Crippen LogP contribution is 2.17. The van der Waals surface area contributed by atoms with Crippen LogP contribution < -0.4 is 5.32 Å². The van der Waals surface area contributed by atoms with E-state index in [1.54, 1.807) is 0 Å². The Morgan fingerprint density at radius 3 is 2.88 bits per heavy atom. The van der Waals surface area contributed by atoms with Crippen molar-refractivity contribution < 1.29 is 19.4 Å². The number of amides is 1. The van der Waals surface area contributed by atoms with Crippen molar-refractivity contribution in [3.63, 3.8) is 0 Å². The highest BCUT2D eigenvalue weighted by Gasteiger charge is 2.12. The van der Waals surface area contributed by atoms with Crippen LogP contribution in [-0.4, -0.2) is 28.8 Å². The van der Waals surface area contributed by atoms with Crippen molar-refractivity contribution in [2.75, 3.05) is 11.9 Å². The quantitative estimate of drug-likeness (QED) is 0.833. The lowest BCUT2D eigenvalue weighted by atomic mass is 10.3. The first-order chi connectivity index (χ1) is 8.04. The Hall–Kier alpha value is -1.89. The first kappa shape index (κ1) is 13.2. The third-order valence-electron chi connectivity index (χ3n) is 1.61. The number of hydrogen-bond acceptors (Lipinski definition) is 4. The summed E-state index contributed by atoms with van der Waals surface area (Å²) in [5, 5.41) is 11.1. The molecule has 0 aliphatic rings. The Kier molecular flexibility index (Phi) is 4.65. The summed E-state index contributed by atoms with van der Waals surface area (Å²) in [4.78, 5) is 25.7. The highest BCUT2D eigenvalue weighted by molar-refractivity contribution is 9.10. The van der Waals surface area contributed by atoms with Gasteiger partial charge in [0.2, 0.25) is 0 Å². The Morgan fingerprint density at radius 2 is 2.29 bits per heavy atom. The average Bonchev–Trinajstić information content (AvgIpc) is 2.28. The summed E-state index contributed by atoms with van der Waals surface area (Å²) >= 11 is 3.04. The molecule has 90 valence electrons. The lowest BCUT2D eigenvalue weighted by Crippen LogP contribution is -2.15. The van der Waals surface area contributed by atoms with Gasteiger partial charge >= 0.3 is 12.1 Å². The summed E-state index contributed by atoms with van der Waals surface area (Å²) in [7, 11) is 0. The normalized spacial score (nSPS) is 9.47. The van der Waals surface area contributed by atoms with E-state index in [0.717, 1.165) is 0 Å². The van der Waals surface area contributed by atoms with Crippen LogP contribution in [0.15, 0.2) is 29.3 Å². The second kappa shape index (κ2) is 6.00. The summed E-state index contributed by atoms with van der Waals surface area (Å²) in [6, 6.07) is 2.92. The Bertz CT molecular complexity index is 462. The first-order valence-corrected chi connectivity index (χ1v) is 5.28. The third-order valence-corrected chi connectivity index (χ3v) is 2.25. The summed E-state index contributed by atoms with van der Waals surface area (Å²) < 4.78 is 4.99. The number of nitrogens with one attached hydrogen (secondary N) is 1. The van der Waals surface area contributed by atoms with Crippen LogP contribution in [0.2, 0.25) is 0 Å². The lowest BCUT2D eigenvalue weighted by Gasteiger charge is -2.05. The summed E-state index contributed by atoms with van der Waals surface area (Å²) in [5.41, 5.74) is -0.188. The molecule has 7 heteroatoms. The molecular weight excluding hydrogens is 292 g/mol. The monoisotopic (exact) mass is 300 g/mol. The molecule has 0 spiro atoms. The van der Waals surface area contributed by atoms with Gasteiger partial charge in [-0.3, -0.25) is 5.32 Å². The number of pyridine rings is 1. The zero-order valence-corrected chi connectivity index (χ0v) is 10.2. The fraction of sp³-hybridized carbons (Fsp3) is 0.100. The summed E-state index contributed by atoms with van der Waals surface area (Å²) in [6.45, 7) is 3.45. The van der Waals surface area contributed by atoms with E-state index in [9.17, 15) is 9.59 Å². The minimum atomic E-state index is -1.19. The molecule has 0 saturated heterocycles. The number of rotatable bonds is 4. The number of halogens is 1. The van der Waals surface area contributed by atoms with Crippen LogP contribution in [0.3, 0.4) is 0 Å². The van der Waals surface area contributed by atoms with Gasteiger partial charge < -0.3 is 9.84 Å². The largest absolute Gasteiger partial charge is 0.476 e. The molecule has 1 amide bonds. The number of hydrogen-bond donors (Lipinski definition) is 2. The molecule has 0 saturated carbocycles. The van der Waals surface area contributed by atoms with Gasteiger partial charge in [-0.05, 0) is 28.1 Å². The highest BCUT2D eigenvalue weighted by atomic mass is 79.9. The van der Waals surface area contributed by atoms with Crippen molar-refractivity contribution in [2.24, 2.45) is 0 Å². The van der Waals surface area contributed by atoms with Crippen LogP contribution in [0.25, 0.3) is 0 Å². The summed E-state index contributed by atoms with van der Waals surface area (Å²) in [5.74, 6) is -1.10. The standard InChI is InChI=1S/C10H9BrN2O4/c1-2-5-17-10(16)13-7-4-3-6(11)8(12-7)9(14)15/h2-4H,1,5H2,(H,14,15)(H,12,13,16). The molecule has 1 rings (SSSR count). The fourth-order valence-electron chi connectivity index (χ4n) is 0.937. The predicted octanol–water partition coefficient (Wildman–Crippen LogP) is 2.28. The van der Waals surface area contributed by atoms with E-state index in [-0.39, 0.29) is 18.1 Å². The van der Waals surface area contributed by atoms with Crippen LogP contribution in [0.4, 0.5) is 10.6 Å². The number of nitrogens with zero attached hydrogens (tertiary/aromatic N) is 1. The fourth-order valence-corrected chi connectivity index (χ4v) is 1.33. The number of aromatic carboxylic acids is 1. The number of aromatic nitrogens is 1. The molecule has 17 heavy (non-hydrogen) atoms. The molecule has 0 radical (unpaired) electrons. The lowest BCUT2D eigenvalue weighted by molar-refractivity contribution is 0.0689. The minimum Gasteiger partial charge on any atom is -0.476 e. The van der Waals surface area contributed by atoms with Gasteiger partial charge in [0.15, 0.2) is 5.69 Å². The third kappa shape index (κ3) is 3.87. The van der Waals surface area contributed by atoms with Gasteiger partial charge in [-0.15, -0.1) is 0 Å². The van der Waals surface area contributed by atoms with E-state index < -0.39 is 12.1 Å². The van der Waals surface area contributed by atoms with E-state index in [0.29, 0.717) is 4.47 Å². The average molecular weight is 301 g/mol. The zero-order chi connectivity index (χ0) is 12.8. The van der Waals surface area contributed by atoms with Crippen molar-refractivity contribution in [3.8, 4) is 0 Å². The van der Waals surface area contributed by atoms with Crippen molar-refractivity contribution in [3.05, 3.63) is 35.0 Å². The van der Waals surface area contributed by atoms with Crippen LogP contribution in [0, 0.1) is 0 Å².